The van der Waals surface area contributed by atoms with Crippen LogP contribution in [-0.4, -0.2) is 76.9 Å². The summed E-state index contributed by atoms with van der Waals surface area (Å²) >= 11 is 0. The molecule has 3 atom stereocenters. The summed E-state index contributed by atoms with van der Waals surface area (Å²) in [5, 5.41) is 12.6. The first kappa shape index (κ1) is 27.1. The van der Waals surface area contributed by atoms with E-state index in [1.54, 1.807) is 25.7 Å². The number of ether oxygens (including phenoxy) is 1. The SMILES string of the molecule is C=CCN(CCC[C@H](NC(=O)OC(C)(C)C)C(=O)N1CCC(O)CC1)C1C[C@H]1c1ccc(F)cc1. The van der Waals surface area contributed by atoms with Crippen LogP contribution in [0.15, 0.2) is 36.9 Å². The van der Waals surface area contributed by atoms with Crippen molar-refractivity contribution in [3.63, 3.8) is 0 Å². The topological polar surface area (TPSA) is 82.1 Å². The lowest BCUT2D eigenvalue weighted by Gasteiger charge is -2.33. The van der Waals surface area contributed by atoms with Crippen LogP contribution in [0.5, 0.6) is 0 Å². The fourth-order valence-corrected chi connectivity index (χ4v) is 4.72. The van der Waals surface area contributed by atoms with Gasteiger partial charge in [-0.3, -0.25) is 9.69 Å². The van der Waals surface area contributed by atoms with E-state index in [0.29, 0.717) is 50.7 Å². The Bertz CT molecular complexity index is 862. The molecule has 3 rings (SSSR count). The average molecular weight is 490 g/mol. The van der Waals surface area contributed by atoms with Crippen molar-refractivity contribution in [1.29, 1.82) is 0 Å². The highest BCUT2D eigenvalue weighted by Gasteiger charge is 2.42. The van der Waals surface area contributed by atoms with Crippen LogP contribution in [0.3, 0.4) is 0 Å². The van der Waals surface area contributed by atoms with Gasteiger partial charge >= 0.3 is 6.09 Å². The molecule has 1 heterocycles. The van der Waals surface area contributed by atoms with Gasteiger partial charge in [0.25, 0.3) is 0 Å². The van der Waals surface area contributed by atoms with E-state index in [1.165, 1.54) is 12.1 Å². The van der Waals surface area contributed by atoms with Crippen molar-refractivity contribution in [2.45, 2.75) is 82.6 Å². The number of carbonyl (C=O) groups is 2. The summed E-state index contributed by atoms with van der Waals surface area (Å²) < 4.78 is 18.7. The van der Waals surface area contributed by atoms with Crippen molar-refractivity contribution >= 4 is 12.0 Å². The van der Waals surface area contributed by atoms with Gasteiger partial charge in [0.15, 0.2) is 0 Å². The van der Waals surface area contributed by atoms with Crippen LogP contribution in [-0.2, 0) is 9.53 Å². The number of nitrogens with one attached hydrogen (secondary N) is 1. The molecule has 35 heavy (non-hydrogen) atoms. The van der Waals surface area contributed by atoms with Gasteiger partial charge < -0.3 is 20.1 Å². The van der Waals surface area contributed by atoms with Gasteiger partial charge in [0.2, 0.25) is 5.91 Å². The number of hydrogen-bond donors (Lipinski definition) is 2. The maximum Gasteiger partial charge on any atom is 0.408 e. The van der Waals surface area contributed by atoms with Crippen LogP contribution in [0.2, 0.25) is 0 Å². The Hall–Kier alpha value is -2.45. The smallest absolute Gasteiger partial charge is 0.408 e. The molecule has 1 unspecified atom stereocenters. The van der Waals surface area contributed by atoms with E-state index in [-0.39, 0.29) is 17.8 Å². The Morgan fingerprint density at radius 3 is 2.54 bits per heavy atom. The summed E-state index contributed by atoms with van der Waals surface area (Å²) in [6.45, 7) is 11.7. The molecule has 2 fully saturated rings. The van der Waals surface area contributed by atoms with Crippen LogP contribution in [0.25, 0.3) is 0 Å². The van der Waals surface area contributed by atoms with Gasteiger partial charge in [0, 0.05) is 31.6 Å². The molecule has 1 saturated heterocycles. The molecule has 0 radical (unpaired) electrons. The standard InChI is InChI=1S/C27H40FN3O4/c1-5-14-30(24-18-22(24)19-8-10-20(28)11-9-19)15-6-7-23(29-26(34)35-27(2,3)4)25(33)31-16-12-21(32)13-17-31/h5,8-11,21-24,32H,1,6-7,12-18H2,2-4H3,(H,29,34)/t22-,23-,24?/m0/s1. The molecule has 2 amide bonds. The zero-order chi connectivity index (χ0) is 25.6. The fourth-order valence-electron chi connectivity index (χ4n) is 4.72. The van der Waals surface area contributed by atoms with Crippen molar-refractivity contribution in [3.05, 3.63) is 48.3 Å². The number of amides is 2. The van der Waals surface area contributed by atoms with Crippen molar-refractivity contribution in [2.75, 3.05) is 26.2 Å². The van der Waals surface area contributed by atoms with Gasteiger partial charge in [0.05, 0.1) is 6.10 Å². The lowest BCUT2D eigenvalue weighted by Crippen LogP contribution is -2.52. The minimum absolute atomic E-state index is 0.131. The Labute approximate surface area is 208 Å². The number of nitrogens with zero attached hydrogens (tertiary/aromatic N) is 2. The highest BCUT2D eigenvalue weighted by molar-refractivity contribution is 5.85. The van der Waals surface area contributed by atoms with Crippen molar-refractivity contribution in [3.8, 4) is 0 Å². The third kappa shape index (κ3) is 8.32. The first-order valence-electron chi connectivity index (χ1n) is 12.6. The van der Waals surface area contributed by atoms with Gasteiger partial charge in [-0.1, -0.05) is 18.2 Å². The summed E-state index contributed by atoms with van der Waals surface area (Å²) in [5.74, 6) is 0.00611. The molecule has 1 aromatic rings. The third-order valence-electron chi connectivity index (χ3n) is 6.59. The first-order valence-corrected chi connectivity index (χ1v) is 12.6. The van der Waals surface area contributed by atoms with Crippen LogP contribution in [0, 0.1) is 5.82 Å². The maximum absolute atomic E-state index is 13.3. The lowest BCUT2D eigenvalue weighted by atomic mass is 10.0. The zero-order valence-electron chi connectivity index (χ0n) is 21.2. The largest absolute Gasteiger partial charge is 0.444 e. The molecule has 1 aromatic carbocycles. The second-order valence-corrected chi connectivity index (χ2v) is 10.6. The minimum Gasteiger partial charge on any atom is -0.444 e. The summed E-state index contributed by atoms with van der Waals surface area (Å²) in [4.78, 5) is 29.8. The summed E-state index contributed by atoms with van der Waals surface area (Å²) in [6.07, 6.45) is 4.19. The normalized spacial score (nSPS) is 21.5. The molecule has 0 aromatic heterocycles. The number of halogens is 1. The zero-order valence-corrected chi connectivity index (χ0v) is 21.2. The number of hydrogen-bond acceptors (Lipinski definition) is 5. The number of alkyl carbamates (subject to hydrolysis) is 1. The van der Waals surface area contributed by atoms with Gasteiger partial charge in [-0.05, 0) is 77.1 Å². The predicted octanol–water partition coefficient (Wildman–Crippen LogP) is 3.83. The molecule has 0 bridgehead atoms. The van der Waals surface area contributed by atoms with Gasteiger partial charge in [-0.2, -0.15) is 0 Å². The summed E-state index contributed by atoms with van der Waals surface area (Å²) in [6, 6.07) is 6.37. The third-order valence-corrected chi connectivity index (χ3v) is 6.59. The molecule has 194 valence electrons. The average Bonchev–Trinajstić information content (AvgIpc) is 3.58. The van der Waals surface area contributed by atoms with Crippen molar-refractivity contribution < 1.29 is 23.8 Å². The molecular weight excluding hydrogens is 449 g/mol. The molecule has 0 spiro atoms. The second kappa shape index (κ2) is 12.0. The van der Waals surface area contributed by atoms with Crippen LogP contribution >= 0.6 is 0 Å². The van der Waals surface area contributed by atoms with Crippen LogP contribution in [0.4, 0.5) is 9.18 Å². The highest BCUT2D eigenvalue weighted by Crippen LogP contribution is 2.44. The fraction of sp³-hybridized carbons (Fsp3) is 0.630. The highest BCUT2D eigenvalue weighted by atomic mass is 19.1. The molecule has 2 N–H and O–H groups in total. The number of piperidine rings is 1. The van der Waals surface area contributed by atoms with E-state index in [9.17, 15) is 19.1 Å². The van der Waals surface area contributed by atoms with E-state index >= 15 is 0 Å². The predicted molar refractivity (Wildman–Crippen MR) is 134 cm³/mol. The monoisotopic (exact) mass is 489 g/mol. The van der Waals surface area contributed by atoms with E-state index < -0.39 is 17.7 Å². The quantitative estimate of drug-likeness (QED) is 0.488. The van der Waals surface area contributed by atoms with Gasteiger partial charge in [0.1, 0.15) is 17.5 Å². The molecule has 1 aliphatic carbocycles. The first-order chi connectivity index (χ1) is 16.6. The minimum atomic E-state index is -0.683. The summed E-state index contributed by atoms with van der Waals surface area (Å²) in [5.41, 5.74) is 0.479. The van der Waals surface area contributed by atoms with Crippen LogP contribution < -0.4 is 5.32 Å². The number of benzene rings is 1. The van der Waals surface area contributed by atoms with E-state index in [2.05, 4.69) is 16.8 Å². The van der Waals surface area contributed by atoms with E-state index in [1.807, 2.05) is 18.2 Å². The van der Waals surface area contributed by atoms with Crippen molar-refractivity contribution in [1.82, 2.24) is 15.1 Å². The number of carbonyl (C=O) groups excluding carboxylic acids is 2. The number of rotatable bonds is 10. The number of likely N-dealkylation sites (tertiary alicyclic amines) is 1. The molecule has 1 saturated carbocycles. The maximum atomic E-state index is 13.3. The molecule has 7 nitrogen and oxygen atoms in total. The Kier molecular flexibility index (Phi) is 9.30. The van der Waals surface area contributed by atoms with Crippen molar-refractivity contribution in [2.24, 2.45) is 0 Å². The molecule has 2 aliphatic rings. The van der Waals surface area contributed by atoms with Crippen LogP contribution in [0.1, 0.15) is 64.4 Å². The molecule has 1 aliphatic heterocycles. The molecular formula is C27H40FN3O4. The van der Waals surface area contributed by atoms with E-state index in [0.717, 1.165) is 25.1 Å². The number of aliphatic hydroxyl groups excluding tert-OH is 1. The summed E-state index contributed by atoms with van der Waals surface area (Å²) in [7, 11) is 0. The molecule has 8 heteroatoms. The Morgan fingerprint density at radius 1 is 1.29 bits per heavy atom. The lowest BCUT2D eigenvalue weighted by molar-refractivity contribution is -0.135. The second-order valence-electron chi connectivity index (χ2n) is 10.6. The Balaban J connectivity index is 1.59. The van der Waals surface area contributed by atoms with Gasteiger partial charge in [-0.25, -0.2) is 9.18 Å². The van der Waals surface area contributed by atoms with E-state index in [4.69, 9.17) is 4.74 Å². The van der Waals surface area contributed by atoms with Gasteiger partial charge in [-0.15, -0.1) is 6.58 Å². The Morgan fingerprint density at radius 2 is 1.94 bits per heavy atom. The number of aliphatic hydroxyl groups is 1.